The van der Waals surface area contributed by atoms with Crippen molar-refractivity contribution in [2.75, 3.05) is 26.7 Å². The lowest BCUT2D eigenvalue weighted by Gasteiger charge is -2.26. The van der Waals surface area contributed by atoms with Crippen molar-refractivity contribution >= 4 is 29.9 Å². The average Bonchev–Trinajstić information content (AvgIpc) is 2.58. The van der Waals surface area contributed by atoms with E-state index in [1.54, 1.807) is 0 Å². The van der Waals surface area contributed by atoms with Crippen LogP contribution in [0.5, 0.6) is 0 Å². The van der Waals surface area contributed by atoms with Crippen molar-refractivity contribution in [1.29, 1.82) is 5.26 Å². The van der Waals surface area contributed by atoms with Crippen molar-refractivity contribution in [1.82, 2.24) is 10.2 Å². The summed E-state index contributed by atoms with van der Waals surface area (Å²) in [5.41, 5.74) is 0.154. The molecule has 0 fully saturated rings. The first-order chi connectivity index (χ1) is 7.05. The van der Waals surface area contributed by atoms with Crippen molar-refractivity contribution < 1.29 is 0 Å². The summed E-state index contributed by atoms with van der Waals surface area (Å²) in [6.45, 7) is 7.11. The third-order valence-corrected chi connectivity index (χ3v) is 2.70. The van der Waals surface area contributed by atoms with E-state index in [4.69, 9.17) is 5.26 Å². The highest BCUT2D eigenvalue weighted by molar-refractivity contribution is 14.0. The molecule has 0 amide bonds. The molecule has 0 radical (unpaired) electrons. The Morgan fingerprint density at radius 3 is 2.75 bits per heavy atom. The molecule has 0 aromatic heterocycles. The molecule has 4 nitrogen and oxygen atoms in total. The van der Waals surface area contributed by atoms with Gasteiger partial charge in [0.1, 0.15) is 0 Å². The van der Waals surface area contributed by atoms with Crippen LogP contribution in [0.15, 0.2) is 4.99 Å². The molecule has 1 N–H and O–H groups in total. The van der Waals surface area contributed by atoms with E-state index in [2.05, 4.69) is 35.1 Å². The molecule has 92 valence electrons. The van der Waals surface area contributed by atoms with Gasteiger partial charge < -0.3 is 10.2 Å². The number of likely N-dealkylation sites (N-methyl/N-ethyl adjacent to an activating group) is 1. The van der Waals surface area contributed by atoms with E-state index in [0.29, 0.717) is 6.42 Å². The monoisotopic (exact) mass is 336 g/mol. The minimum Gasteiger partial charge on any atom is -0.356 e. The Morgan fingerprint density at radius 2 is 2.25 bits per heavy atom. The fourth-order valence-electron chi connectivity index (χ4n) is 1.52. The van der Waals surface area contributed by atoms with Crippen LogP contribution in [0.2, 0.25) is 0 Å². The number of halogens is 1. The lowest BCUT2D eigenvalue weighted by molar-refractivity contribution is 0.333. The summed E-state index contributed by atoms with van der Waals surface area (Å²) in [5.74, 6) is 0.986. The van der Waals surface area contributed by atoms with Gasteiger partial charge in [-0.3, -0.25) is 4.99 Å². The highest BCUT2D eigenvalue weighted by atomic mass is 127. The van der Waals surface area contributed by atoms with E-state index in [0.717, 1.165) is 32.0 Å². The summed E-state index contributed by atoms with van der Waals surface area (Å²) in [6.07, 6.45) is 1.55. The fourth-order valence-corrected chi connectivity index (χ4v) is 1.52. The van der Waals surface area contributed by atoms with Gasteiger partial charge in [-0.1, -0.05) is 13.8 Å². The van der Waals surface area contributed by atoms with Crippen molar-refractivity contribution in [3.05, 3.63) is 0 Å². The first kappa shape index (κ1) is 15.5. The van der Waals surface area contributed by atoms with E-state index >= 15 is 0 Å². The van der Waals surface area contributed by atoms with E-state index in [1.807, 2.05) is 7.05 Å². The highest BCUT2D eigenvalue weighted by Gasteiger charge is 2.20. The van der Waals surface area contributed by atoms with E-state index in [9.17, 15) is 0 Å². The minimum absolute atomic E-state index is 0. The first-order valence-corrected chi connectivity index (χ1v) is 5.41. The number of guanidine groups is 1. The molecule has 1 heterocycles. The molecule has 0 saturated carbocycles. The minimum atomic E-state index is 0. The van der Waals surface area contributed by atoms with Gasteiger partial charge in [0, 0.05) is 26.6 Å². The normalized spacial score (nSPS) is 15.1. The van der Waals surface area contributed by atoms with Crippen molar-refractivity contribution in [3.8, 4) is 6.07 Å². The maximum Gasteiger partial charge on any atom is 0.193 e. The zero-order chi connectivity index (χ0) is 11.3. The fraction of sp³-hybridized carbons (Fsp3) is 0.818. The number of nitriles is 1. The predicted octanol–water partition coefficient (Wildman–Crippen LogP) is 1.83. The Bertz CT molecular complexity index is 280. The van der Waals surface area contributed by atoms with Crippen LogP contribution < -0.4 is 5.32 Å². The number of aliphatic imine (C=N–C) groups is 1. The molecule has 1 rings (SSSR count). The maximum absolute atomic E-state index is 8.55. The first-order valence-electron chi connectivity index (χ1n) is 5.41. The second-order valence-corrected chi connectivity index (χ2v) is 4.80. The van der Waals surface area contributed by atoms with Gasteiger partial charge in [-0.15, -0.1) is 24.0 Å². The third kappa shape index (κ3) is 5.01. The van der Waals surface area contributed by atoms with Crippen LogP contribution in [0.25, 0.3) is 0 Å². The summed E-state index contributed by atoms with van der Waals surface area (Å²) in [7, 11) is 2.04. The zero-order valence-electron chi connectivity index (χ0n) is 10.3. The van der Waals surface area contributed by atoms with Crippen molar-refractivity contribution in [3.63, 3.8) is 0 Å². The Kier molecular flexibility index (Phi) is 6.72. The number of hydrogen-bond donors (Lipinski definition) is 1. The summed E-state index contributed by atoms with van der Waals surface area (Å²) < 4.78 is 0. The SMILES string of the molecule is CN1CCN=C1NCC(C)(C)CCC#N.I. The smallest absolute Gasteiger partial charge is 0.193 e. The molecule has 0 unspecified atom stereocenters. The van der Waals surface area contributed by atoms with Gasteiger partial charge in [0.05, 0.1) is 12.6 Å². The summed E-state index contributed by atoms with van der Waals surface area (Å²) in [6, 6.07) is 2.19. The van der Waals surface area contributed by atoms with Crippen LogP contribution in [0.3, 0.4) is 0 Å². The van der Waals surface area contributed by atoms with Crippen LogP contribution in [-0.2, 0) is 0 Å². The van der Waals surface area contributed by atoms with Crippen LogP contribution >= 0.6 is 24.0 Å². The number of rotatable bonds is 4. The molecule has 0 bridgehead atoms. The topological polar surface area (TPSA) is 51.4 Å². The van der Waals surface area contributed by atoms with Gasteiger partial charge in [0.2, 0.25) is 0 Å². The molecule has 0 saturated heterocycles. The number of nitrogens with zero attached hydrogens (tertiary/aromatic N) is 3. The molecular weight excluding hydrogens is 315 g/mol. The second kappa shape index (κ2) is 6.94. The number of hydrogen-bond acceptors (Lipinski definition) is 4. The lowest BCUT2D eigenvalue weighted by Crippen LogP contribution is -2.40. The molecule has 0 aromatic rings. The summed E-state index contributed by atoms with van der Waals surface area (Å²) in [4.78, 5) is 6.49. The van der Waals surface area contributed by atoms with Crippen LogP contribution in [0, 0.1) is 16.7 Å². The van der Waals surface area contributed by atoms with Crippen LogP contribution in [-0.4, -0.2) is 37.5 Å². The Hall–Kier alpha value is -0.510. The molecule has 1 aliphatic heterocycles. The Morgan fingerprint density at radius 1 is 1.56 bits per heavy atom. The number of nitrogens with one attached hydrogen (secondary N) is 1. The third-order valence-electron chi connectivity index (χ3n) is 2.70. The molecule has 0 aliphatic carbocycles. The van der Waals surface area contributed by atoms with Crippen LogP contribution in [0.1, 0.15) is 26.7 Å². The van der Waals surface area contributed by atoms with Gasteiger partial charge in [-0.25, -0.2) is 0 Å². The molecule has 0 spiro atoms. The zero-order valence-corrected chi connectivity index (χ0v) is 12.6. The Labute approximate surface area is 115 Å². The molecule has 0 atom stereocenters. The van der Waals surface area contributed by atoms with E-state index in [-0.39, 0.29) is 29.4 Å². The summed E-state index contributed by atoms with van der Waals surface area (Å²) in [5, 5.41) is 11.9. The molecular formula is C11H21IN4. The molecule has 0 aromatic carbocycles. The maximum atomic E-state index is 8.55. The van der Waals surface area contributed by atoms with Gasteiger partial charge in [-0.05, 0) is 11.8 Å². The predicted molar refractivity (Wildman–Crippen MR) is 77.0 cm³/mol. The van der Waals surface area contributed by atoms with Gasteiger partial charge in [-0.2, -0.15) is 5.26 Å². The average molecular weight is 336 g/mol. The quantitative estimate of drug-likeness (QED) is 0.797. The van der Waals surface area contributed by atoms with Gasteiger partial charge >= 0.3 is 0 Å². The van der Waals surface area contributed by atoms with Crippen molar-refractivity contribution in [2.45, 2.75) is 26.7 Å². The lowest BCUT2D eigenvalue weighted by atomic mass is 9.88. The van der Waals surface area contributed by atoms with Gasteiger partial charge in [0.25, 0.3) is 0 Å². The standard InChI is InChI=1S/C11H20N4.HI/c1-11(2,5-4-6-12)9-14-10-13-7-8-15(10)3;/h4-5,7-9H2,1-3H3,(H,13,14);1H. The van der Waals surface area contributed by atoms with E-state index < -0.39 is 0 Å². The van der Waals surface area contributed by atoms with Crippen molar-refractivity contribution in [2.24, 2.45) is 10.4 Å². The molecule has 5 heteroatoms. The largest absolute Gasteiger partial charge is 0.356 e. The highest BCUT2D eigenvalue weighted by Crippen LogP contribution is 2.20. The van der Waals surface area contributed by atoms with E-state index in [1.165, 1.54) is 0 Å². The second-order valence-electron chi connectivity index (χ2n) is 4.80. The summed E-state index contributed by atoms with van der Waals surface area (Å²) >= 11 is 0. The Balaban J connectivity index is 0.00000225. The van der Waals surface area contributed by atoms with Crippen LogP contribution in [0.4, 0.5) is 0 Å². The van der Waals surface area contributed by atoms with Gasteiger partial charge in [0.15, 0.2) is 5.96 Å². The molecule has 1 aliphatic rings. The molecule has 16 heavy (non-hydrogen) atoms.